The molecule has 8 rings (SSSR count). The lowest BCUT2D eigenvalue weighted by Crippen LogP contribution is -2.53. The molecule has 3 fully saturated rings. The highest BCUT2D eigenvalue weighted by atomic mass is 35.5. The first-order valence-corrected chi connectivity index (χ1v) is 16.7. The van der Waals surface area contributed by atoms with Crippen LogP contribution in [0.2, 0.25) is 10.0 Å². The summed E-state index contributed by atoms with van der Waals surface area (Å²) >= 11 is 12.4. The second-order valence-electron chi connectivity index (χ2n) is 13.0. The van der Waals surface area contributed by atoms with Gasteiger partial charge in [-0.25, -0.2) is 8.78 Å². The van der Waals surface area contributed by atoms with Crippen LogP contribution in [0.25, 0.3) is 0 Å². The van der Waals surface area contributed by atoms with E-state index in [4.69, 9.17) is 23.2 Å². The number of hydrogen-bond acceptors (Lipinski definition) is 6. The Hall–Kier alpha value is -5.06. The van der Waals surface area contributed by atoms with E-state index in [2.05, 4.69) is 5.43 Å². The summed E-state index contributed by atoms with van der Waals surface area (Å²) in [6, 6.07) is 21.9. The number of hydrogen-bond donors (Lipinski definition) is 2. The molecule has 6 atom stereocenters. The normalized spacial score (nSPS) is 27.2. The van der Waals surface area contributed by atoms with Crippen LogP contribution < -0.4 is 10.3 Å². The van der Waals surface area contributed by atoms with Gasteiger partial charge in [0.25, 0.3) is 11.8 Å². The first-order valence-electron chi connectivity index (χ1n) is 16.0. The topological polar surface area (TPSA) is 107 Å². The van der Waals surface area contributed by atoms with Crippen molar-refractivity contribution < 1.29 is 33.1 Å². The molecule has 252 valence electrons. The molecule has 1 saturated carbocycles. The minimum Gasteiger partial charge on any atom is -0.505 e. The number of carbonyl (C=O) groups is 4. The van der Waals surface area contributed by atoms with Gasteiger partial charge in [-0.1, -0.05) is 59.1 Å². The van der Waals surface area contributed by atoms with Crippen LogP contribution in [0.3, 0.4) is 0 Å². The standard InChI is InChI=1S/C38H27Cl2F2N3O5/c39-20-6-4-19(5-7-20)38-29(35(48)45(37(38)50)43-23-12-10-22(41)11-13-23)18-28-25(32(38)27-2-1-3-30(42)33(27)46)16-17-26-31(28)36(49)44(34(26)47)24-14-8-21(40)9-15-24/h1-16,26,28-29,31-32,43,46H,17-18H2. The first-order chi connectivity index (χ1) is 24.0. The van der Waals surface area contributed by atoms with Crippen LogP contribution in [0.5, 0.6) is 5.75 Å². The minimum absolute atomic E-state index is 0.0121. The molecule has 50 heavy (non-hydrogen) atoms. The van der Waals surface area contributed by atoms with Gasteiger partial charge in [-0.3, -0.25) is 29.5 Å². The summed E-state index contributed by atoms with van der Waals surface area (Å²) in [6.07, 6.45) is 1.93. The molecular formula is C38H27Cl2F2N3O5. The van der Waals surface area contributed by atoms with Crippen LogP contribution >= 0.6 is 23.2 Å². The van der Waals surface area contributed by atoms with Gasteiger partial charge in [0.1, 0.15) is 5.82 Å². The average molecular weight is 715 g/mol. The lowest BCUT2D eigenvalue weighted by molar-refractivity contribution is -0.138. The number of hydrazine groups is 1. The molecule has 2 aliphatic heterocycles. The van der Waals surface area contributed by atoms with Crippen molar-refractivity contribution in [2.75, 3.05) is 10.3 Å². The van der Waals surface area contributed by atoms with E-state index < -0.39 is 76.0 Å². The number of nitrogens with zero attached hydrogens (tertiary/aromatic N) is 2. The smallest absolute Gasteiger partial charge is 0.260 e. The second-order valence-corrected chi connectivity index (χ2v) is 13.9. The van der Waals surface area contributed by atoms with Crippen molar-refractivity contribution in [3.05, 3.63) is 135 Å². The minimum atomic E-state index is -1.75. The lowest BCUT2D eigenvalue weighted by Gasteiger charge is -2.50. The molecular weight excluding hydrogens is 687 g/mol. The Labute approximate surface area is 294 Å². The van der Waals surface area contributed by atoms with Crippen LogP contribution in [0, 0.1) is 35.3 Å². The number of imide groups is 2. The molecule has 0 radical (unpaired) electrons. The highest BCUT2D eigenvalue weighted by Crippen LogP contribution is 2.65. The van der Waals surface area contributed by atoms with Crippen LogP contribution in [0.4, 0.5) is 20.2 Å². The third kappa shape index (κ3) is 4.61. The number of anilines is 2. The van der Waals surface area contributed by atoms with Crippen LogP contribution in [0.15, 0.2) is 103 Å². The number of phenolic OH excluding ortho intramolecular Hbond substituents is 1. The molecule has 4 aromatic rings. The van der Waals surface area contributed by atoms with Crippen LogP contribution in [-0.4, -0.2) is 33.7 Å². The quantitative estimate of drug-likeness (QED) is 0.168. The molecule has 8 nitrogen and oxygen atoms in total. The summed E-state index contributed by atoms with van der Waals surface area (Å²) in [5.74, 6) is -9.01. The van der Waals surface area contributed by atoms with E-state index in [0.717, 1.165) is 16.0 Å². The van der Waals surface area contributed by atoms with E-state index in [0.29, 0.717) is 26.9 Å². The van der Waals surface area contributed by atoms with Crippen molar-refractivity contribution in [2.24, 2.45) is 23.7 Å². The van der Waals surface area contributed by atoms with E-state index >= 15 is 9.18 Å². The molecule has 0 bridgehead atoms. The molecule has 0 aromatic heterocycles. The van der Waals surface area contributed by atoms with Crippen molar-refractivity contribution in [2.45, 2.75) is 24.2 Å². The molecule has 2 heterocycles. The number of aromatic hydroxyl groups is 1. The number of halogens is 4. The van der Waals surface area contributed by atoms with Gasteiger partial charge in [0, 0.05) is 21.5 Å². The summed E-state index contributed by atoms with van der Waals surface area (Å²) in [5, 5.41) is 13.0. The van der Waals surface area contributed by atoms with Crippen molar-refractivity contribution >= 4 is 58.2 Å². The van der Waals surface area contributed by atoms with Crippen LogP contribution in [-0.2, 0) is 24.6 Å². The lowest BCUT2D eigenvalue weighted by atomic mass is 9.49. The summed E-state index contributed by atoms with van der Waals surface area (Å²) in [4.78, 5) is 59.1. The molecule has 0 spiro atoms. The van der Waals surface area contributed by atoms with Crippen LogP contribution in [0.1, 0.15) is 29.9 Å². The molecule has 4 aromatic carbocycles. The Morgan fingerprint density at radius 1 is 0.780 bits per heavy atom. The van der Waals surface area contributed by atoms with E-state index in [1.807, 2.05) is 0 Å². The number of benzene rings is 4. The van der Waals surface area contributed by atoms with Gasteiger partial charge in [0.2, 0.25) is 11.8 Å². The van der Waals surface area contributed by atoms with E-state index in [1.54, 1.807) is 54.6 Å². The number of fused-ring (bicyclic) bond motifs is 4. The van der Waals surface area contributed by atoms with E-state index in [1.165, 1.54) is 36.4 Å². The number of carbonyl (C=O) groups excluding carboxylic acids is 4. The third-order valence-corrected chi connectivity index (χ3v) is 11.2. The molecule has 4 aliphatic rings. The van der Waals surface area contributed by atoms with E-state index in [-0.39, 0.29) is 24.1 Å². The number of phenols is 1. The Balaban J connectivity index is 1.33. The molecule has 2 saturated heterocycles. The maximum absolute atomic E-state index is 15.2. The number of nitrogens with one attached hydrogen (secondary N) is 1. The Morgan fingerprint density at radius 3 is 2.12 bits per heavy atom. The zero-order chi connectivity index (χ0) is 35.1. The van der Waals surface area contributed by atoms with Crippen molar-refractivity contribution in [3.63, 3.8) is 0 Å². The fourth-order valence-corrected chi connectivity index (χ4v) is 8.86. The monoisotopic (exact) mass is 713 g/mol. The largest absolute Gasteiger partial charge is 0.505 e. The van der Waals surface area contributed by atoms with Crippen molar-refractivity contribution in [3.8, 4) is 5.75 Å². The fraction of sp³-hybridized carbons (Fsp3) is 0.211. The average Bonchev–Trinajstić information content (AvgIpc) is 3.48. The third-order valence-electron chi connectivity index (χ3n) is 10.7. The Kier molecular flexibility index (Phi) is 7.58. The number of amides is 4. The van der Waals surface area contributed by atoms with Gasteiger partial charge in [0.15, 0.2) is 11.6 Å². The predicted octanol–water partition coefficient (Wildman–Crippen LogP) is 7.17. The number of rotatable bonds is 5. The maximum Gasteiger partial charge on any atom is 0.260 e. The first kappa shape index (κ1) is 32.2. The van der Waals surface area contributed by atoms with Gasteiger partial charge in [-0.05, 0) is 91.1 Å². The Morgan fingerprint density at radius 2 is 1.44 bits per heavy atom. The second kappa shape index (κ2) is 11.8. The highest BCUT2D eigenvalue weighted by Gasteiger charge is 2.70. The summed E-state index contributed by atoms with van der Waals surface area (Å²) in [5.41, 5.74) is 2.69. The molecule has 6 unspecified atom stereocenters. The molecule has 12 heteroatoms. The van der Waals surface area contributed by atoms with E-state index in [9.17, 15) is 23.9 Å². The van der Waals surface area contributed by atoms with Crippen molar-refractivity contribution in [1.82, 2.24) is 5.01 Å². The molecule has 4 amide bonds. The molecule has 2 aliphatic carbocycles. The zero-order valence-electron chi connectivity index (χ0n) is 26.0. The summed E-state index contributed by atoms with van der Waals surface area (Å²) in [7, 11) is 0. The molecule has 2 N–H and O–H groups in total. The van der Waals surface area contributed by atoms with Gasteiger partial charge in [-0.15, -0.1) is 0 Å². The maximum atomic E-state index is 15.2. The van der Waals surface area contributed by atoms with Gasteiger partial charge in [0.05, 0.1) is 34.5 Å². The van der Waals surface area contributed by atoms with Crippen molar-refractivity contribution in [1.29, 1.82) is 0 Å². The summed E-state index contributed by atoms with van der Waals surface area (Å²) in [6.45, 7) is 0. The number of allylic oxidation sites excluding steroid dienone is 2. The fourth-order valence-electron chi connectivity index (χ4n) is 8.61. The zero-order valence-corrected chi connectivity index (χ0v) is 27.5. The predicted molar refractivity (Wildman–Crippen MR) is 181 cm³/mol. The van der Waals surface area contributed by atoms with Gasteiger partial charge in [-0.2, -0.15) is 5.01 Å². The summed E-state index contributed by atoms with van der Waals surface area (Å²) < 4.78 is 29.0. The van der Waals surface area contributed by atoms with Gasteiger partial charge >= 0.3 is 0 Å². The highest BCUT2D eigenvalue weighted by molar-refractivity contribution is 6.31. The SMILES string of the molecule is O=C1C2CC3C(=CCC4C(=O)N(c5ccc(Cl)cc5)C(=O)C43)C(c3cccc(F)c3O)C2(c2ccc(Cl)cc2)C(=O)N1Nc1ccc(F)cc1. The number of para-hydroxylation sites is 1. The Bertz CT molecular complexity index is 2130. The van der Waals surface area contributed by atoms with Gasteiger partial charge < -0.3 is 5.11 Å².